The highest BCUT2D eigenvalue weighted by Crippen LogP contribution is 2.40. The number of piperazine rings is 1. The first-order valence-corrected chi connectivity index (χ1v) is 7.71. The number of halogens is 6. The number of hydrogen-bond acceptors (Lipinski definition) is 4. The van der Waals surface area contributed by atoms with E-state index in [1.165, 1.54) is 17.3 Å². The van der Waals surface area contributed by atoms with Gasteiger partial charge in [0.05, 0.1) is 22.9 Å². The van der Waals surface area contributed by atoms with Crippen LogP contribution in [-0.4, -0.2) is 29.6 Å². The monoisotopic (exact) mass is 376 g/mol. The van der Waals surface area contributed by atoms with Gasteiger partial charge in [0, 0.05) is 32.0 Å². The van der Waals surface area contributed by atoms with Crippen LogP contribution in [0.25, 0.3) is 0 Å². The van der Waals surface area contributed by atoms with Gasteiger partial charge in [-0.05, 0) is 24.3 Å². The van der Waals surface area contributed by atoms with Crippen molar-refractivity contribution >= 4 is 5.82 Å². The summed E-state index contributed by atoms with van der Waals surface area (Å²) < 4.78 is 80.0. The summed E-state index contributed by atoms with van der Waals surface area (Å²) in [5.41, 5.74) is -2.29. The second kappa shape index (κ2) is 6.75. The molecule has 0 radical (unpaired) electrons. The third-order valence-corrected chi connectivity index (χ3v) is 4.07. The fourth-order valence-electron chi connectivity index (χ4n) is 2.97. The summed E-state index contributed by atoms with van der Waals surface area (Å²) >= 11 is 0. The second-order valence-corrected chi connectivity index (χ2v) is 5.72. The zero-order valence-electron chi connectivity index (χ0n) is 13.3. The van der Waals surface area contributed by atoms with Gasteiger partial charge in [-0.2, -0.15) is 26.3 Å². The highest BCUT2D eigenvalue weighted by molar-refractivity contribution is 5.51. The third kappa shape index (κ3) is 3.59. The Morgan fingerprint density at radius 1 is 0.923 bits per heavy atom. The lowest BCUT2D eigenvalue weighted by atomic mass is 10.0. The molecule has 0 amide bonds. The number of aromatic nitrogens is 2. The van der Waals surface area contributed by atoms with Crippen molar-refractivity contribution in [1.29, 1.82) is 0 Å². The molecule has 1 saturated heterocycles. The Bertz CT molecular complexity index is 708. The Morgan fingerprint density at radius 2 is 1.54 bits per heavy atom. The summed E-state index contributed by atoms with van der Waals surface area (Å²) in [7, 11) is 0. The van der Waals surface area contributed by atoms with Crippen molar-refractivity contribution in [1.82, 2.24) is 15.3 Å². The molecule has 1 unspecified atom stereocenters. The highest BCUT2D eigenvalue weighted by Gasteiger charge is 2.41. The number of pyridine rings is 2. The van der Waals surface area contributed by atoms with Crippen LogP contribution in [0.3, 0.4) is 0 Å². The summed E-state index contributed by atoms with van der Waals surface area (Å²) in [6.07, 6.45) is -6.95. The molecule has 10 heteroatoms. The second-order valence-electron chi connectivity index (χ2n) is 5.72. The Morgan fingerprint density at radius 3 is 2.19 bits per heavy atom. The molecular weight excluding hydrogens is 362 g/mol. The molecule has 3 rings (SSSR count). The number of nitrogens with one attached hydrogen (secondary N) is 1. The van der Waals surface area contributed by atoms with Crippen molar-refractivity contribution in [3.63, 3.8) is 0 Å². The summed E-state index contributed by atoms with van der Waals surface area (Å²) in [6, 6.07) is 3.00. The fourth-order valence-corrected chi connectivity index (χ4v) is 2.97. The van der Waals surface area contributed by atoms with Crippen LogP contribution in [-0.2, 0) is 12.4 Å². The maximum absolute atomic E-state index is 13.3. The minimum Gasteiger partial charge on any atom is -0.345 e. The number of rotatable bonds is 2. The van der Waals surface area contributed by atoms with Gasteiger partial charge in [0.25, 0.3) is 0 Å². The van der Waals surface area contributed by atoms with Crippen LogP contribution in [0.2, 0.25) is 0 Å². The molecule has 4 nitrogen and oxygen atoms in total. The SMILES string of the molecule is FC(F)(F)c1cccnc1C1CNCCN1c1ncccc1C(F)(F)F. The van der Waals surface area contributed by atoms with Gasteiger partial charge in [0.1, 0.15) is 5.82 Å². The van der Waals surface area contributed by atoms with Crippen molar-refractivity contribution < 1.29 is 26.3 Å². The zero-order chi connectivity index (χ0) is 18.9. The first-order valence-electron chi connectivity index (χ1n) is 7.71. The maximum atomic E-state index is 13.3. The van der Waals surface area contributed by atoms with E-state index in [1.807, 2.05) is 0 Å². The van der Waals surface area contributed by atoms with Crippen LogP contribution < -0.4 is 10.2 Å². The summed E-state index contributed by atoms with van der Waals surface area (Å²) in [4.78, 5) is 8.86. The first-order chi connectivity index (χ1) is 12.2. The van der Waals surface area contributed by atoms with Gasteiger partial charge in [-0.25, -0.2) is 4.98 Å². The first kappa shape index (κ1) is 18.4. The molecule has 3 heterocycles. The molecule has 1 atom stereocenters. The number of hydrogen-bond donors (Lipinski definition) is 1. The molecule has 140 valence electrons. The fraction of sp³-hybridized carbons (Fsp3) is 0.375. The molecule has 1 aliphatic rings. The van der Waals surface area contributed by atoms with E-state index in [1.54, 1.807) is 0 Å². The minimum atomic E-state index is -4.67. The lowest BCUT2D eigenvalue weighted by molar-refractivity contribution is -0.139. The van der Waals surface area contributed by atoms with Crippen LogP contribution in [0.4, 0.5) is 32.2 Å². The quantitative estimate of drug-likeness (QED) is 0.813. The van der Waals surface area contributed by atoms with Crippen LogP contribution in [0.5, 0.6) is 0 Å². The summed E-state index contributed by atoms with van der Waals surface area (Å²) in [6.45, 7) is 0.408. The average Bonchev–Trinajstić information content (AvgIpc) is 2.60. The Hall–Kier alpha value is -2.36. The lowest BCUT2D eigenvalue weighted by Gasteiger charge is -2.38. The van der Waals surface area contributed by atoms with E-state index >= 15 is 0 Å². The molecule has 1 fully saturated rings. The van der Waals surface area contributed by atoms with Gasteiger partial charge in [-0.1, -0.05) is 0 Å². The molecule has 0 aromatic carbocycles. The van der Waals surface area contributed by atoms with Crippen molar-refractivity contribution in [2.24, 2.45) is 0 Å². The number of alkyl halides is 6. The van der Waals surface area contributed by atoms with Gasteiger partial charge in [-0.15, -0.1) is 0 Å². The molecule has 2 aromatic heterocycles. The smallest absolute Gasteiger partial charge is 0.345 e. The molecule has 0 aliphatic carbocycles. The number of anilines is 1. The third-order valence-electron chi connectivity index (χ3n) is 4.07. The van der Waals surface area contributed by atoms with Crippen molar-refractivity contribution in [3.05, 3.63) is 53.5 Å². The van der Waals surface area contributed by atoms with E-state index in [2.05, 4.69) is 15.3 Å². The van der Waals surface area contributed by atoms with Gasteiger partial charge in [-0.3, -0.25) is 4.98 Å². The van der Waals surface area contributed by atoms with Crippen molar-refractivity contribution in [2.45, 2.75) is 18.4 Å². The van der Waals surface area contributed by atoms with E-state index in [9.17, 15) is 26.3 Å². The average molecular weight is 376 g/mol. The largest absolute Gasteiger partial charge is 0.419 e. The van der Waals surface area contributed by atoms with Gasteiger partial charge in [0.15, 0.2) is 0 Å². The van der Waals surface area contributed by atoms with Crippen LogP contribution in [0.15, 0.2) is 36.7 Å². The maximum Gasteiger partial charge on any atom is 0.419 e. The van der Waals surface area contributed by atoms with E-state index in [4.69, 9.17) is 0 Å². The Labute approximate surface area is 144 Å². The molecule has 1 aliphatic heterocycles. The summed E-state index contributed by atoms with van der Waals surface area (Å²) in [5, 5.41) is 2.91. The number of nitrogens with zero attached hydrogens (tertiary/aromatic N) is 3. The normalized spacial score (nSPS) is 18.8. The van der Waals surface area contributed by atoms with E-state index in [0.717, 1.165) is 24.3 Å². The lowest BCUT2D eigenvalue weighted by Crippen LogP contribution is -2.48. The predicted molar refractivity (Wildman–Crippen MR) is 81.4 cm³/mol. The molecule has 1 N–H and O–H groups in total. The minimum absolute atomic E-state index is 0.0218. The molecule has 0 spiro atoms. The molecule has 0 saturated carbocycles. The van der Waals surface area contributed by atoms with E-state index in [0.29, 0.717) is 6.54 Å². The Balaban J connectivity index is 2.10. The highest BCUT2D eigenvalue weighted by atomic mass is 19.4. The Kier molecular flexibility index (Phi) is 4.78. The van der Waals surface area contributed by atoms with Crippen LogP contribution in [0, 0.1) is 0 Å². The standard InChI is InChI=1S/C16H14F6N4/c17-15(18,19)10-3-1-5-24-13(10)12-9-23-7-8-26(12)14-11(16(20,21)22)4-2-6-25-14/h1-6,12,23H,7-9H2. The van der Waals surface area contributed by atoms with Crippen molar-refractivity contribution in [3.8, 4) is 0 Å². The van der Waals surface area contributed by atoms with Crippen LogP contribution in [0.1, 0.15) is 22.9 Å². The summed E-state index contributed by atoms with van der Waals surface area (Å²) in [5.74, 6) is -0.398. The van der Waals surface area contributed by atoms with Gasteiger partial charge in [0.2, 0.25) is 0 Å². The zero-order valence-corrected chi connectivity index (χ0v) is 13.3. The van der Waals surface area contributed by atoms with Crippen LogP contribution >= 0.6 is 0 Å². The van der Waals surface area contributed by atoms with Gasteiger partial charge >= 0.3 is 12.4 Å². The molecule has 0 bridgehead atoms. The predicted octanol–water partition coefficient (Wildman–Crippen LogP) is 3.67. The molecular formula is C16H14F6N4. The van der Waals surface area contributed by atoms with Gasteiger partial charge < -0.3 is 10.2 Å². The van der Waals surface area contributed by atoms with E-state index in [-0.39, 0.29) is 18.8 Å². The topological polar surface area (TPSA) is 41.1 Å². The molecule has 2 aromatic rings. The molecule has 26 heavy (non-hydrogen) atoms. The van der Waals surface area contributed by atoms with E-state index < -0.39 is 35.3 Å². The van der Waals surface area contributed by atoms with Crippen molar-refractivity contribution in [2.75, 3.05) is 24.5 Å².